The summed E-state index contributed by atoms with van der Waals surface area (Å²) in [5.41, 5.74) is 0.441. The van der Waals surface area contributed by atoms with E-state index in [2.05, 4.69) is 45.2 Å². The molecule has 4 fully saturated rings. The maximum absolute atomic E-state index is 3.53. The van der Waals surface area contributed by atoms with Crippen molar-refractivity contribution in [2.75, 3.05) is 52.4 Å². The molecule has 0 radical (unpaired) electrons. The van der Waals surface area contributed by atoms with Gasteiger partial charge in [0.2, 0.25) is 0 Å². The molecular formula is C20H38N4S. The molecule has 5 heteroatoms. The topological polar surface area (TPSA) is 21.8 Å². The zero-order chi connectivity index (χ0) is 17.3. The Balaban J connectivity index is 1.22. The highest BCUT2D eigenvalue weighted by Crippen LogP contribution is 2.38. The standard InChI is InChI=1S/C20H38N4S/c1-17-15-23(20(2)7-9-21-10-8-20)14-13-22(17)16-18-5-11-24(12-6-18)25-19-3-4-19/h17-19,21H,3-16H2,1-2H3. The Morgan fingerprint density at radius 3 is 2.36 bits per heavy atom. The molecule has 4 nitrogen and oxygen atoms in total. The first kappa shape index (κ1) is 18.5. The van der Waals surface area contributed by atoms with Crippen LogP contribution in [0.5, 0.6) is 0 Å². The Morgan fingerprint density at radius 2 is 1.72 bits per heavy atom. The van der Waals surface area contributed by atoms with Crippen molar-refractivity contribution >= 4 is 11.9 Å². The maximum atomic E-state index is 3.53. The minimum Gasteiger partial charge on any atom is -0.317 e. The number of piperidine rings is 2. The molecule has 0 bridgehead atoms. The lowest BCUT2D eigenvalue weighted by Crippen LogP contribution is -2.62. The van der Waals surface area contributed by atoms with E-state index in [4.69, 9.17) is 0 Å². The molecule has 3 aliphatic heterocycles. The highest BCUT2D eigenvalue weighted by atomic mass is 32.2. The van der Waals surface area contributed by atoms with Gasteiger partial charge in [-0.3, -0.25) is 14.1 Å². The first-order chi connectivity index (χ1) is 12.1. The molecular weight excluding hydrogens is 328 g/mol. The van der Waals surface area contributed by atoms with Gasteiger partial charge in [-0.05, 0) is 71.4 Å². The van der Waals surface area contributed by atoms with Gasteiger partial charge < -0.3 is 5.32 Å². The molecule has 4 aliphatic rings. The monoisotopic (exact) mass is 366 g/mol. The third-order valence-corrected chi connectivity index (χ3v) is 8.53. The molecule has 3 saturated heterocycles. The van der Waals surface area contributed by atoms with Gasteiger partial charge in [-0.15, -0.1) is 0 Å². The molecule has 0 amide bonds. The summed E-state index contributed by atoms with van der Waals surface area (Å²) in [6, 6.07) is 0.722. The van der Waals surface area contributed by atoms with Crippen molar-refractivity contribution in [3.05, 3.63) is 0 Å². The van der Waals surface area contributed by atoms with Crippen molar-refractivity contribution in [2.24, 2.45) is 5.92 Å². The van der Waals surface area contributed by atoms with E-state index in [1.54, 1.807) is 0 Å². The van der Waals surface area contributed by atoms with Crippen LogP contribution in [0.15, 0.2) is 0 Å². The van der Waals surface area contributed by atoms with Crippen LogP contribution in [0, 0.1) is 5.92 Å². The van der Waals surface area contributed by atoms with E-state index in [1.165, 1.54) is 90.9 Å². The second-order valence-electron chi connectivity index (χ2n) is 9.21. The predicted octanol–water partition coefficient (Wildman–Crippen LogP) is 2.66. The Morgan fingerprint density at radius 1 is 1.00 bits per heavy atom. The van der Waals surface area contributed by atoms with E-state index in [-0.39, 0.29) is 0 Å². The van der Waals surface area contributed by atoms with Crippen LogP contribution in [0.1, 0.15) is 52.4 Å². The average Bonchev–Trinajstić information content (AvgIpc) is 3.43. The van der Waals surface area contributed by atoms with Crippen molar-refractivity contribution in [3.8, 4) is 0 Å². The third-order valence-electron chi connectivity index (χ3n) is 7.10. The molecule has 25 heavy (non-hydrogen) atoms. The second kappa shape index (κ2) is 8.05. The number of piperazine rings is 1. The molecule has 0 aromatic carbocycles. The zero-order valence-corrected chi connectivity index (χ0v) is 17.2. The molecule has 1 unspecified atom stereocenters. The van der Waals surface area contributed by atoms with Crippen LogP contribution in [0.25, 0.3) is 0 Å². The van der Waals surface area contributed by atoms with Gasteiger partial charge in [-0.25, -0.2) is 0 Å². The van der Waals surface area contributed by atoms with E-state index in [1.807, 2.05) is 0 Å². The third kappa shape index (κ3) is 4.73. The van der Waals surface area contributed by atoms with Crippen molar-refractivity contribution in [2.45, 2.75) is 69.2 Å². The van der Waals surface area contributed by atoms with Gasteiger partial charge in [0.15, 0.2) is 0 Å². The van der Waals surface area contributed by atoms with Crippen LogP contribution in [-0.2, 0) is 0 Å². The molecule has 1 N–H and O–H groups in total. The Labute approximate surface area is 159 Å². The van der Waals surface area contributed by atoms with Gasteiger partial charge in [0.05, 0.1) is 0 Å². The van der Waals surface area contributed by atoms with Gasteiger partial charge in [0.25, 0.3) is 0 Å². The number of nitrogens with one attached hydrogen (secondary N) is 1. The first-order valence-corrected chi connectivity index (χ1v) is 11.6. The van der Waals surface area contributed by atoms with Crippen LogP contribution in [0.2, 0.25) is 0 Å². The summed E-state index contributed by atoms with van der Waals surface area (Å²) in [5.74, 6) is 0.930. The van der Waals surface area contributed by atoms with Crippen molar-refractivity contribution in [3.63, 3.8) is 0 Å². The lowest BCUT2D eigenvalue weighted by Gasteiger charge is -2.51. The van der Waals surface area contributed by atoms with E-state index >= 15 is 0 Å². The highest BCUT2D eigenvalue weighted by Gasteiger charge is 2.38. The van der Waals surface area contributed by atoms with E-state index < -0.39 is 0 Å². The van der Waals surface area contributed by atoms with Gasteiger partial charge in [0.1, 0.15) is 0 Å². The summed E-state index contributed by atoms with van der Waals surface area (Å²) >= 11 is 2.16. The molecule has 0 aromatic rings. The SMILES string of the molecule is CC1CN(C2(C)CCNCC2)CCN1CC1CCN(SC2CC2)CC1. The smallest absolute Gasteiger partial charge is 0.0206 e. The van der Waals surface area contributed by atoms with E-state index in [0.29, 0.717) is 5.54 Å². The van der Waals surface area contributed by atoms with Gasteiger partial charge in [-0.2, -0.15) is 0 Å². The fourth-order valence-corrected chi connectivity index (χ4v) is 6.14. The fourth-order valence-electron chi connectivity index (χ4n) is 4.95. The van der Waals surface area contributed by atoms with E-state index in [0.717, 1.165) is 17.2 Å². The van der Waals surface area contributed by atoms with Crippen LogP contribution in [0.3, 0.4) is 0 Å². The lowest BCUT2D eigenvalue weighted by molar-refractivity contribution is -0.00917. The maximum Gasteiger partial charge on any atom is 0.0206 e. The quantitative estimate of drug-likeness (QED) is 0.753. The van der Waals surface area contributed by atoms with Crippen LogP contribution in [-0.4, -0.2) is 83.3 Å². The number of hydrogen-bond donors (Lipinski definition) is 1. The molecule has 144 valence electrons. The fraction of sp³-hybridized carbons (Fsp3) is 1.00. The first-order valence-electron chi connectivity index (χ1n) is 10.7. The highest BCUT2D eigenvalue weighted by molar-refractivity contribution is 7.97. The average molecular weight is 367 g/mol. The summed E-state index contributed by atoms with van der Waals surface area (Å²) in [6.07, 6.45) is 8.38. The Hall–Kier alpha value is 0.190. The minimum absolute atomic E-state index is 0.441. The van der Waals surface area contributed by atoms with Crippen molar-refractivity contribution in [1.82, 2.24) is 19.4 Å². The van der Waals surface area contributed by atoms with Gasteiger partial charge >= 0.3 is 0 Å². The van der Waals surface area contributed by atoms with Gasteiger partial charge in [0, 0.05) is 56.1 Å². The number of hydrogen-bond acceptors (Lipinski definition) is 5. The zero-order valence-electron chi connectivity index (χ0n) is 16.4. The van der Waals surface area contributed by atoms with Crippen molar-refractivity contribution < 1.29 is 0 Å². The molecule has 0 spiro atoms. The lowest BCUT2D eigenvalue weighted by atomic mass is 9.87. The number of nitrogens with zero attached hydrogens (tertiary/aromatic N) is 3. The molecule has 4 rings (SSSR count). The molecule has 1 aliphatic carbocycles. The molecule has 3 heterocycles. The summed E-state index contributed by atoms with van der Waals surface area (Å²) in [6.45, 7) is 15.2. The van der Waals surface area contributed by atoms with Crippen LogP contribution < -0.4 is 5.32 Å². The molecule has 1 atom stereocenters. The second-order valence-corrected chi connectivity index (χ2v) is 10.6. The van der Waals surface area contributed by atoms with Crippen LogP contribution >= 0.6 is 11.9 Å². The predicted molar refractivity (Wildman–Crippen MR) is 108 cm³/mol. The molecule has 0 aromatic heterocycles. The van der Waals surface area contributed by atoms with Crippen molar-refractivity contribution in [1.29, 1.82) is 0 Å². The normalized spacial score (nSPS) is 33.6. The minimum atomic E-state index is 0.441. The largest absolute Gasteiger partial charge is 0.317 e. The summed E-state index contributed by atoms with van der Waals surface area (Å²) in [4.78, 5) is 5.61. The van der Waals surface area contributed by atoms with E-state index in [9.17, 15) is 0 Å². The number of rotatable bonds is 5. The summed E-state index contributed by atoms with van der Waals surface area (Å²) in [5, 5.41) is 4.50. The Bertz CT molecular complexity index is 427. The van der Waals surface area contributed by atoms with Crippen LogP contribution in [0.4, 0.5) is 0 Å². The molecule has 1 saturated carbocycles. The Kier molecular flexibility index (Phi) is 5.98. The summed E-state index contributed by atoms with van der Waals surface area (Å²) < 4.78 is 2.66. The summed E-state index contributed by atoms with van der Waals surface area (Å²) in [7, 11) is 0. The van der Waals surface area contributed by atoms with Gasteiger partial charge in [-0.1, -0.05) is 11.9 Å².